The first-order valence-electron chi connectivity index (χ1n) is 8.51. The Morgan fingerprint density at radius 3 is 2.41 bits per heavy atom. The van der Waals surface area contributed by atoms with E-state index in [-0.39, 0.29) is 6.54 Å². The zero-order valence-electron chi connectivity index (χ0n) is 15.7. The molecule has 1 aliphatic rings. The summed E-state index contributed by atoms with van der Waals surface area (Å²) in [5, 5.41) is 2.27. The lowest BCUT2D eigenvalue weighted by Crippen LogP contribution is -2.36. The van der Waals surface area contributed by atoms with E-state index in [1.54, 1.807) is 18.2 Å². The maximum atomic E-state index is 12.6. The number of hydrogen-bond donors (Lipinski definition) is 1. The van der Waals surface area contributed by atoms with Crippen LogP contribution in [0.25, 0.3) is 6.08 Å². The van der Waals surface area contributed by atoms with E-state index in [2.05, 4.69) is 5.32 Å². The van der Waals surface area contributed by atoms with Gasteiger partial charge in [-0.3, -0.25) is 19.3 Å². The van der Waals surface area contributed by atoms with E-state index in [0.29, 0.717) is 10.6 Å². The Morgan fingerprint density at radius 1 is 1.15 bits per heavy atom. The highest BCUT2D eigenvalue weighted by Gasteiger charge is 2.36. The maximum absolute atomic E-state index is 12.6. The van der Waals surface area contributed by atoms with Gasteiger partial charge < -0.3 is 9.88 Å². The van der Waals surface area contributed by atoms with Crippen molar-refractivity contribution in [3.05, 3.63) is 57.8 Å². The van der Waals surface area contributed by atoms with Crippen LogP contribution >= 0.6 is 11.8 Å². The van der Waals surface area contributed by atoms with Crippen molar-refractivity contribution in [3.8, 4) is 0 Å². The number of nitrogens with zero attached hydrogens (tertiary/aromatic N) is 2. The van der Waals surface area contributed by atoms with Crippen molar-refractivity contribution >= 4 is 40.6 Å². The molecule has 1 aromatic carbocycles. The third-order valence-corrected chi connectivity index (χ3v) is 5.52. The standard InChI is InChI=1S/C20H21N3O3S/c1-12-5-7-16(8-6-12)21-18(24)11-23-19(25)17(27-20(23)26)10-15-9-13(2)22(4)14(15)3/h5-10H,11H2,1-4H3,(H,21,24)/b17-10+. The summed E-state index contributed by atoms with van der Waals surface area (Å²) in [7, 11) is 1.95. The van der Waals surface area contributed by atoms with Crippen LogP contribution in [0.3, 0.4) is 0 Å². The number of anilines is 1. The molecule has 6 nitrogen and oxygen atoms in total. The van der Waals surface area contributed by atoms with Crippen LogP contribution in [-0.2, 0) is 16.6 Å². The van der Waals surface area contributed by atoms with Gasteiger partial charge in [-0.2, -0.15) is 0 Å². The van der Waals surface area contributed by atoms with Crippen molar-refractivity contribution in [1.29, 1.82) is 0 Å². The molecule has 0 radical (unpaired) electrons. The van der Waals surface area contributed by atoms with E-state index in [1.165, 1.54) is 0 Å². The van der Waals surface area contributed by atoms with Crippen molar-refractivity contribution in [2.75, 3.05) is 11.9 Å². The number of carbonyl (C=O) groups excluding carboxylic acids is 3. The molecule has 7 heteroatoms. The highest BCUT2D eigenvalue weighted by molar-refractivity contribution is 8.18. The fraction of sp³-hybridized carbons (Fsp3) is 0.250. The highest BCUT2D eigenvalue weighted by atomic mass is 32.2. The molecule has 0 spiro atoms. The van der Waals surface area contributed by atoms with Crippen LogP contribution in [0.2, 0.25) is 0 Å². The average molecular weight is 383 g/mol. The molecule has 0 bridgehead atoms. The van der Waals surface area contributed by atoms with Gasteiger partial charge in [0.1, 0.15) is 6.54 Å². The summed E-state index contributed by atoms with van der Waals surface area (Å²) in [5.41, 5.74) is 4.68. The summed E-state index contributed by atoms with van der Waals surface area (Å²) < 4.78 is 2.02. The summed E-state index contributed by atoms with van der Waals surface area (Å²) in [6, 6.07) is 9.28. The smallest absolute Gasteiger partial charge is 0.294 e. The number of aryl methyl sites for hydroxylation is 2. The van der Waals surface area contributed by atoms with E-state index >= 15 is 0 Å². The van der Waals surface area contributed by atoms with E-state index < -0.39 is 17.1 Å². The first kappa shape index (κ1) is 19.0. The normalized spacial score (nSPS) is 15.7. The predicted octanol–water partition coefficient (Wildman–Crippen LogP) is 3.63. The van der Waals surface area contributed by atoms with Crippen molar-refractivity contribution in [2.45, 2.75) is 20.8 Å². The van der Waals surface area contributed by atoms with E-state index in [0.717, 1.165) is 39.2 Å². The van der Waals surface area contributed by atoms with Gasteiger partial charge in [0.05, 0.1) is 4.91 Å². The van der Waals surface area contributed by atoms with Gasteiger partial charge in [-0.15, -0.1) is 0 Å². The first-order valence-corrected chi connectivity index (χ1v) is 9.32. The molecule has 1 fully saturated rings. The molecule has 1 aromatic heterocycles. The Bertz CT molecular complexity index is 958. The molecule has 1 saturated heterocycles. The summed E-state index contributed by atoms with van der Waals surface area (Å²) >= 11 is 0.860. The van der Waals surface area contributed by atoms with Crippen molar-refractivity contribution in [3.63, 3.8) is 0 Å². The molecule has 2 heterocycles. The average Bonchev–Trinajstić information content (AvgIpc) is 3.02. The van der Waals surface area contributed by atoms with Gasteiger partial charge in [0.2, 0.25) is 5.91 Å². The lowest BCUT2D eigenvalue weighted by Gasteiger charge is -2.12. The van der Waals surface area contributed by atoms with Crippen LogP contribution < -0.4 is 5.32 Å². The third-order valence-electron chi connectivity index (χ3n) is 4.61. The first-order chi connectivity index (χ1) is 12.8. The summed E-state index contributed by atoms with van der Waals surface area (Å²) in [5.74, 6) is -0.848. The molecule has 1 N–H and O–H groups in total. The quantitative estimate of drug-likeness (QED) is 0.819. The van der Waals surface area contributed by atoms with Gasteiger partial charge in [0.25, 0.3) is 11.1 Å². The molecule has 0 aliphatic carbocycles. The number of rotatable bonds is 4. The Kier molecular flexibility index (Phi) is 5.23. The van der Waals surface area contributed by atoms with Crippen LogP contribution in [0.15, 0.2) is 35.2 Å². The molecule has 0 saturated carbocycles. The number of benzene rings is 1. The zero-order chi connectivity index (χ0) is 19.7. The lowest BCUT2D eigenvalue weighted by atomic mass is 10.2. The van der Waals surface area contributed by atoms with Crippen molar-refractivity contribution < 1.29 is 14.4 Å². The van der Waals surface area contributed by atoms with E-state index in [4.69, 9.17) is 0 Å². The molecule has 3 amide bonds. The molecule has 0 atom stereocenters. The minimum atomic E-state index is -0.440. The van der Waals surface area contributed by atoms with Gasteiger partial charge >= 0.3 is 0 Å². The predicted molar refractivity (Wildman–Crippen MR) is 107 cm³/mol. The third kappa shape index (κ3) is 3.98. The van der Waals surface area contributed by atoms with Crippen molar-refractivity contribution in [1.82, 2.24) is 9.47 Å². The fourth-order valence-corrected chi connectivity index (χ4v) is 3.62. The highest BCUT2D eigenvalue weighted by Crippen LogP contribution is 2.33. The maximum Gasteiger partial charge on any atom is 0.294 e. The molecule has 0 unspecified atom stereocenters. The number of nitrogens with one attached hydrogen (secondary N) is 1. The molecule has 3 rings (SSSR count). The van der Waals surface area contributed by atoms with Crippen molar-refractivity contribution in [2.24, 2.45) is 7.05 Å². The number of hydrogen-bond acceptors (Lipinski definition) is 4. The van der Waals surface area contributed by atoms with Gasteiger partial charge in [0, 0.05) is 24.1 Å². The molecule has 140 valence electrons. The summed E-state index contributed by atoms with van der Waals surface area (Å²) in [6.45, 7) is 5.58. The van der Waals surface area contributed by atoms with Gasteiger partial charge in [0.15, 0.2) is 0 Å². The molecule has 1 aliphatic heterocycles. The molecule has 27 heavy (non-hydrogen) atoms. The topological polar surface area (TPSA) is 71.4 Å². The Hall–Kier alpha value is -2.80. The number of imide groups is 1. The van der Waals surface area contributed by atoms with Crippen LogP contribution in [0.4, 0.5) is 10.5 Å². The zero-order valence-corrected chi connectivity index (χ0v) is 16.5. The van der Waals surface area contributed by atoms with Gasteiger partial charge in [-0.25, -0.2) is 0 Å². The largest absolute Gasteiger partial charge is 0.352 e. The number of aromatic nitrogens is 1. The Labute approximate surface area is 162 Å². The van der Waals surface area contributed by atoms with Gasteiger partial charge in [-0.05, 0) is 62.4 Å². The number of thioether (sulfide) groups is 1. The van der Waals surface area contributed by atoms with E-state index in [1.807, 2.05) is 50.6 Å². The molecular formula is C20H21N3O3S. The second kappa shape index (κ2) is 7.44. The van der Waals surface area contributed by atoms with Crippen LogP contribution in [0.1, 0.15) is 22.5 Å². The SMILES string of the molecule is Cc1ccc(NC(=O)CN2C(=O)S/C(=C/c3cc(C)n(C)c3C)C2=O)cc1. The van der Waals surface area contributed by atoms with E-state index in [9.17, 15) is 14.4 Å². The minimum Gasteiger partial charge on any atom is -0.352 e. The van der Waals surface area contributed by atoms with Crippen LogP contribution in [-0.4, -0.2) is 33.1 Å². The fourth-order valence-electron chi connectivity index (χ4n) is 2.79. The van der Waals surface area contributed by atoms with Crippen LogP contribution in [0, 0.1) is 20.8 Å². The summed E-state index contributed by atoms with van der Waals surface area (Å²) in [6.07, 6.45) is 1.71. The summed E-state index contributed by atoms with van der Waals surface area (Å²) in [4.78, 5) is 38.3. The van der Waals surface area contributed by atoms with Gasteiger partial charge in [-0.1, -0.05) is 17.7 Å². The lowest BCUT2D eigenvalue weighted by molar-refractivity contribution is -0.127. The Balaban J connectivity index is 1.72. The molecule has 2 aromatic rings. The minimum absolute atomic E-state index is 0.303. The number of carbonyl (C=O) groups is 3. The Morgan fingerprint density at radius 2 is 1.81 bits per heavy atom. The van der Waals surface area contributed by atoms with Crippen LogP contribution in [0.5, 0.6) is 0 Å². The molecular weight excluding hydrogens is 362 g/mol. The second-order valence-electron chi connectivity index (χ2n) is 6.57. The monoisotopic (exact) mass is 383 g/mol. The second-order valence-corrected chi connectivity index (χ2v) is 7.56. The number of amides is 3.